The van der Waals surface area contributed by atoms with Crippen LogP contribution in [0.4, 0.5) is 45.5 Å². The maximum absolute atomic E-state index is 12.8. The molecule has 0 bridgehead atoms. The molecule has 416 valence electrons. The van der Waals surface area contributed by atoms with Crippen molar-refractivity contribution in [1.82, 2.24) is 15.0 Å². The summed E-state index contributed by atoms with van der Waals surface area (Å²) in [5.74, 6) is -0.607. The van der Waals surface area contributed by atoms with Crippen LogP contribution in [-0.4, -0.2) is 92.1 Å². The van der Waals surface area contributed by atoms with Gasteiger partial charge < -0.3 is 9.84 Å². The van der Waals surface area contributed by atoms with Gasteiger partial charge in [-0.2, -0.15) is 72.5 Å². The van der Waals surface area contributed by atoms with Crippen molar-refractivity contribution >= 4 is 129 Å². The van der Waals surface area contributed by atoms with E-state index in [1.807, 2.05) is 0 Å². The molecule has 33 heteroatoms. The highest BCUT2D eigenvalue weighted by molar-refractivity contribution is 7.87. The summed E-state index contributed by atoms with van der Waals surface area (Å²) in [5, 5.41) is 53.4. The van der Waals surface area contributed by atoms with E-state index in [0.717, 1.165) is 29.1 Å². The SMILES string of the molecule is COc1cc(N=Nc2ccc(N=Nc3ccc(N=Nc4ccc(S(=O)(=O)O)cc4S(=O)(=O)O)c(C)c3)c(C)c2)c(C)cc1N=Nc1c(S(=O)(=O)O)cc2cc(-n3nc4ccc5c(S(=O)(=O)O)cc(S(=O)(=O)O)cc5c4n3)ccc2c1O. The Labute approximate surface area is 458 Å². The van der Waals surface area contributed by atoms with E-state index < -0.39 is 86.5 Å². The van der Waals surface area contributed by atoms with E-state index in [1.165, 1.54) is 55.6 Å². The fraction of sp³-hybridized carbons (Fsp3) is 0.0833. The number of azo groups is 4. The van der Waals surface area contributed by atoms with Crippen molar-refractivity contribution in [2.75, 3.05) is 7.11 Å². The fourth-order valence-corrected chi connectivity index (χ4v) is 11.2. The number of methoxy groups -OCH3 is 1. The zero-order valence-electron chi connectivity index (χ0n) is 41.6. The Hall–Kier alpha value is -8.77. The van der Waals surface area contributed by atoms with Gasteiger partial charge in [0.05, 0.1) is 51.0 Å². The molecule has 1 heterocycles. The molecule has 0 aliphatic heterocycles. The molecule has 9 aromatic rings. The molecule has 81 heavy (non-hydrogen) atoms. The van der Waals surface area contributed by atoms with E-state index in [4.69, 9.17) is 4.74 Å². The van der Waals surface area contributed by atoms with Gasteiger partial charge in [-0.15, -0.1) is 25.5 Å². The molecule has 0 unspecified atom stereocenters. The van der Waals surface area contributed by atoms with Gasteiger partial charge in [0, 0.05) is 22.2 Å². The average molecular weight is 1200 g/mol. The van der Waals surface area contributed by atoms with E-state index in [1.54, 1.807) is 51.1 Å². The van der Waals surface area contributed by atoms with Crippen LogP contribution in [0.25, 0.3) is 38.3 Å². The Bertz CT molecular complexity index is 4900. The van der Waals surface area contributed by atoms with Gasteiger partial charge in [0.2, 0.25) is 0 Å². The second-order valence-corrected chi connectivity index (χ2v) is 24.5. The number of benzene rings is 8. The molecule has 9 rings (SSSR count). The minimum absolute atomic E-state index is 0.0298. The van der Waals surface area contributed by atoms with E-state index in [-0.39, 0.29) is 61.1 Å². The number of phenols is 1. The number of aryl methyl sites for hydroxylation is 3. The van der Waals surface area contributed by atoms with Gasteiger partial charge in [0.15, 0.2) is 5.75 Å². The number of fused-ring (bicyclic) bond motifs is 4. The number of aromatic nitrogens is 3. The molecule has 0 saturated heterocycles. The number of aromatic hydroxyl groups is 1. The number of rotatable bonds is 15. The highest BCUT2D eigenvalue weighted by Crippen LogP contribution is 2.44. The maximum Gasteiger partial charge on any atom is 0.296 e. The molecule has 0 radical (unpaired) electrons. The van der Waals surface area contributed by atoms with Crippen molar-refractivity contribution < 1.29 is 74.7 Å². The van der Waals surface area contributed by atoms with E-state index in [2.05, 4.69) is 51.1 Å². The summed E-state index contributed by atoms with van der Waals surface area (Å²) in [6, 6.07) is 24.3. The van der Waals surface area contributed by atoms with Crippen molar-refractivity contribution in [3.8, 4) is 17.2 Å². The number of nitrogens with zero attached hydrogens (tertiary/aromatic N) is 11. The minimum Gasteiger partial charge on any atom is -0.505 e. The van der Waals surface area contributed by atoms with Crippen molar-refractivity contribution in [2.45, 2.75) is 45.2 Å². The molecule has 0 saturated carbocycles. The van der Waals surface area contributed by atoms with Gasteiger partial charge in [-0.25, -0.2) is 0 Å². The molecular formula is C48H37N11O17S5. The third-order valence-corrected chi connectivity index (χ3v) is 16.3. The smallest absolute Gasteiger partial charge is 0.296 e. The van der Waals surface area contributed by atoms with Crippen molar-refractivity contribution in [1.29, 1.82) is 0 Å². The predicted octanol–water partition coefficient (Wildman–Crippen LogP) is 11.3. The maximum atomic E-state index is 12.8. The van der Waals surface area contributed by atoms with Crippen LogP contribution >= 0.6 is 0 Å². The highest BCUT2D eigenvalue weighted by atomic mass is 32.2. The Morgan fingerprint density at radius 2 is 0.963 bits per heavy atom. The van der Waals surface area contributed by atoms with Crippen LogP contribution in [0.5, 0.6) is 11.5 Å². The van der Waals surface area contributed by atoms with Crippen LogP contribution in [0.2, 0.25) is 0 Å². The molecule has 0 fully saturated rings. The zero-order chi connectivity index (χ0) is 58.7. The lowest BCUT2D eigenvalue weighted by Crippen LogP contribution is -2.04. The number of ether oxygens (including phenoxy) is 1. The van der Waals surface area contributed by atoms with Gasteiger partial charge in [-0.3, -0.25) is 22.8 Å². The topological polar surface area (TPSA) is 431 Å². The predicted molar refractivity (Wildman–Crippen MR) is 288 cm³/mol. The first kappa shape index (κ1) is 56.9. The van der Waals surface area contributed by atoms with E-state index in [0.29, 0.717) is 51.6 Å². The largest absolute Gasteiger partial charge is 0.505 e. The Kier molecular flexibility index (Phi) is 14.8. The lowest BCUT2D eigenvalue weighted by Gasteiger charge is -2.11. The van der Waals surface area contributed by atoms with Gasteiger partial charge >= 0.3 is 0 Å². The third-order valence-electron chi connectivity index (χ3n) is 12.0. The van der Waals surface area contributed by atoms with Crippen LogP contribution in [-0.2, 0) is 50.6 Å². The molecule has 0 amide bonds. The monoisotopic (exact) mass is 1200 g/mol. The van der Waals surface area contributed by atoms with Gasteiger partial charge in [-0.05, 0) is 146 Å². The molecule has 8 aromatic carbocycles. The first-order chi connectivity index (χ1) is 37.9. The van der Waals surface area contributed by atoms with Crippen LogP contribution in [0.15, 0.2) is 181 Å². The summed E-state index contributed by atoms with van der Waals surface area (Å²) >= 11 is 0. The molecule has 28 nitrogen and oxygen atoms in total. The summed E-state index contributed by atoms with van der Waals surface area (Å²) in [6.07, 6.45) is 0. The second kappa shape index (κ2) is 21.0. The lowest BCUT2D eigenvalue weighted by molar-refractivity contribution is 0.416. The summed E-state index contributed by atoms with van der Waals surface area (Å²) in [7, 11) is -23.5. The second-order valence-electron chi connectivity index (χ2n) is 17.5. The van der Waals surface area contributed by atoms with Crippen LogP contribution in [0.1, 0.15) is 16.7 Å². The standard InChI is InChI=1S/C48H37N11O17S5/c1-24-15-29(5-11-36(24)51-49-28-6-12-37(25(2)16-28)52-53-38-13-8-31(77(61,62)63)21-44(38)80(70,71)72)50-54-40-23-42(76-4)41(17-26(40)3)55-56-47-45(81(73,74)75)19-27-18-30(7-9-33(27)48(47)60)59-57-39-14-10-34-35(46(39)58-59)20-32(78(64,65)66)22-43(34)79(67,68)69/h5-23,60H,1-4H3,(H,61,62,63)(H,64,65,66)(H,67,68,69)(H,70,71,72)(H,73,74,75). The van der Waals surface area contributed by atoms with E-state index >= 15 is 0 Å². The average Bonchev–Trinajstić information content (AvgIpc) is 3.83. The Balaban J connectivity index is 0.934. The highest BCUT2D eigenvalue weighted by Gasteiger charge is 2.26. The van der Waals surface area contributed by atoms with Gasteiger partial charge in [-0.1, -0.05) is 6.07 Å². The third kappa shape index (κ3) is 12.1. The molecule has 0 aliphatic carbocycles. The van der Waals surface area contributed by atoms with Crippen molar-refractivity contribution in [3.05, 3.63) is 132 Å². The van der Waals surface area contributed by atoms with Gasteiger partial charge in [0.1, 0.15) is 48.5 Å². The summed E-state index contributed by atoms with van der Waals surface area (Å²) in [6.45, 7) is 5.11. The normalized spacial score (nSPS) is 13.1. The van der Waals surface area contributed by atoms with Crippen molar-refractivity contribution in [2.24, 2.45) is 40.9 Å². The summed E-state index contributed by atoms with van der Waals surface area (Å²) in [5.41, 5.74) is 2.84. The molecular weight excluding hydrogens is 1160 g/mol. The number of hydrogen-bond acceptors (Lipinski definition) is 22. The van der Waals surface area contributed by atoms with Crippen LogP contribution < -0.4 is 4.74 Å². The van der Waals surface area contributed by atoms with Crippen LogP contribution in [0, 0.1) is 20.8 Å². The molecule has 1 aromatic heterocycles. The lowest BCUT2D eigenvalue weighted by atomic mass is 10.1. The summed E-state index contributed by atoms with van der Waals surface area (Å²) in [4.78, 5) is -3.15. The first-order valence-corrected chi connectivity index (χ1v) is 29.8. The van der Waals surface area contributed by atoms with Crippen molar-refractivity contribution in [3.63, 3.8) is 0 Å². The summed E-state index contributed by atoms with van der Waals surface area (Å²) < 4.78 is 175. The molecule has 6 N–H and O–H groups in total. The van der Waals surface area contributed by atoms with Gasteiger partial charge in [0.25, 0.3) is 50.6 Å². The Morgan fingerprint density at radius 3 is 1.54 bits per heavy atom. The van der Waals surface area contributed by atoms with E-state index in [9.17, 15) is 70.0 Å². The Morgan fingerprint density at radius 1 is 0.432 bits per heavy atom. The van der Waals surface area contributed by atoms with Crippen LogP contribution in [0.3, 0.4) is 0 Å². The zero-order valence-corrected chi connectivity index (χ0v) is 45.7. The minimum atomic E-state index is -5.12. The molecule has 0 aliphatic rings. The first-order valence-electron chi connectivity index (χ1n) is 22.6. The molecule has 0 atom stereocenters. The number of phenolic OH excluding ortho intramolecular Hbond substituents is 1. The molecule has 0 spiro atoms. The number of hydrogen-bond donors (Lipinski definition) is 6. The fourth-order valence-electron chi connectivity index (χ4n) is 8.01. The quantitative estimate of drug-likeness (QED) is 0.0410.